The molecule has 0 bridgehead atoms. The van der Waals surface area contributed by atoms with Gasteiger partial charge < -0.3 is 4.74 Å². The SMILES string of the molecule is O=C1OC(c2cccc(Cl)c2)=NC1=Cc1ccc(F)cc1. The van der Waals surface area contributed by atoms with Gasteiger partial charge in [-0.15, -0.1) is 0 Å². The lowest BCUT2D eigenvalue weighted by atomic mass is 10.2. The predicted octanol–water partition coefficient (Wildman–Crippen LogP) is 3.82. The molecular weight excluding hydrogens is 293 g/mol. The number of esters is 1. The molecule has 0 atom stereocenters. The van der Waals surface area contributed by atoms with Crippen molar-refractivity contribution in [3.8, 4) is 0 Å². The first-order chi connectivity index (χ1) is 10.1. The van der Waals surface area contributed by atoms with Gasteiger partial charge in [-0.05, 0) is 42.0 Å². The van der Waals surface area contributed by atoms with E-state index in [2.05, 4.69) is 4.99 Å². The van der Waals surface area contributed by atoms with Gasteiger partial charge in [-0.3, -0.25) is 0 Å². The Kier molecular flexibility index (Phi) is 3.54. The summed E-state index contributed by atoms with van der Waals surface area (Å²) in [5, 5.41) is 0.530. The van der Waals surface area contributed by atoms with E-state index in [9.17, 15) is 9.18 Å². The Bertz CT molecular complexity index is 766. The quantitative estimate of drug-likeness (QED) is 0.625. The zero-order chi connectivity index (χ0) is 14.8. The van der Waals surface area contributed by atoms with Crippen molar-refractivity contribution in [1.82, 2.24) is 0 Å². The molecule has 2 aromatic rings. The zero-order valence-electron chi connectivity index (χ0n) is 10.7. The Labute approximate surface area is 125 Å². The molecule has 3 nitrogen and oxygen atoms in total. The van der Waals surface area contributed by atoms with E-state index in [-0.39, 0.29) is 17.4 Å². The first kappa shape index (κ1) is 13.5. The fraction of sp³-hybridized carbons (Fsp3) is 0. The van der Waals surface area contributed by atoms with Crippen LogP contribution in [-0.2, 0) is 9.53 Å². The van der Waals surface area contributed by atoms with Crippen molar-refractivity contribution in [3.63, 3.8) is 0 Å². The highest BCUT2D eigenvalue weighted by Crippen LogP contribution is 2.20. The summed E-state index contributed by atoms with van der Waals surface area (Å²) in [5.74, 6) is -0.681. The van der Waals surface area contributed by atoms with E-state index in [4.69, 9.17) is 16.3 Å². The minimum absolute atomic E-state index is 0.164. The van der Waals surface area contributed by atoms with Gasteiger partial charge in [0.15, 0.2) is 5.70 Å². The van der Waals surface area contributed by atoms with E-state index in [0.717, 1.165) is 0 Å². The van der Waals surface area contributed by atoms with E-state index in [1.54, 1.807) is 42.5 Å². The van der Waals surface area contributed by atoms with Gasteiger partial charge in [-0.25, -0.2) is 14.2 Å². The lowest BCUT2D eigenvalue weighted by Gasteiger charge is -1.98. The van der Waals surface area contributed by atoms with Crippen molar-refractivity contribution < 1.29 is 13.9 Å². The Morgan fingerprint density at radius 3 is 2.62 bits per heavy atom. The summed E-state index contributed by atoms with van der Waals surface area (Å²) in [5.41, 5.74) is 1.45. The van der Waals surface area contributed by atoms with Crippen LogP contribution in [0.15, 0.2) is 59.2 Å². The van der Waals surface area contributed by atoms with Gasteiger partial charge in [0.2, 0.25) is 5.90 Å². The van der Waals surface area contributed by atoms with E-state index in [1.165, 1.54) is 12.1 Å². The number of ether oxygens (including phenoxy) is 1. The van der Waals surface area contributed by atoms with Crippen LogP contribution in [0.4, 0.5) is 4.39 Å². The normalized spacial score (nSPS) is 16.0. The molecule has 0 radical (unpaired) electrons. The first-order valence-corrected chi connectivity index (χ1v) is 6.54. The summed E-state index contributed by atoms with van der Waals surface area (Å²) >= 11 is 5.90. The van der Waals surface area contributed by atoms with Crippen LogP contribution in [0.3, 0.4) is 0 Å². The number of benzene rings is 2. The average molecular weight is 302 g/mol. The van der Waals surface area contributed by atoms with Crippen molar-refractivity contribution in [1.29, 1.82) is 0 Å². The molecule has 0 saturated carbocycles. The van der Waals surface area contributed by atoms with Crippen molar-refractivity contribution in [2.24, 2.45) is 4.99 Å². The number of cyclic esters (lactones) is 1. The number of carbonyl (C=O) groups excluding carboxylic acids is 1. The average Bonchev–Trinajstić information content (AvgIpc) is 2.83. The van der Waals surface area contributed by atoms with Crippen molar-refractivity contribution in [2.75, 3.05) is 0 Å². The van der Waals surface area contributed by atoms with E-state index in [1.807, 2.05) is 0 Å². The molecule has 0 N–H and O–H groups in total. The van der Waals surface area contributed by atoms with Crippen LogP contribution in [0, 0.1) is 5.82 Å². The second kappa shape index (κ2) is 5.50. The molecule has 0 aromatic heterocycles. The molecule has 0 aliphatic carbocycles. The molecule has 1 aliphatic heterocycles. The molecule has 0 saturated heterocycles. The van der Waals surface area contributed by atoms with Crippen LogP contribution >= 0.6 is 11.6 Å². The molecule has 0 spiro atoms. The number of rotatable bonds is 2. The fourth-order valence-corrected chi connectivity index (χ4v) is 2.06. The van der Waals surface area contributed by atoms with Crippen molar-refractivity contribution in [3.05, 3.63) is 76.2 Å². The van der Waals surface area contributed by atoms with Crippen LogP contribution in [0.2, 0.25) is 5.02 Å². The zero-order valence-corrected chi connectivity index (χ0v) is 11.5. The lowest BCUT2D eigenvalue weighted by Crippen LogP contribution is -2.05. The maximum absolute atomic E-state index is 12.8. The van der Waals surface area contributed by atoms with E-state index in [0.29, 0.717) is 16.1 Å². The highest BCUT2D eigenvalue weighted by atomic mass is 35.5. The molecule has 1 aliphatic rings. The lowest BCUT2D eigenvalue weighted by molar-refractivity contribution is -0.129. The van der Waals surface area contributed by atoms with Gasteiger partial charge in [-0.2, -0.15) is 0 Å². The molecule has 3 rings (SSSR count). The highest BCUT2D eigenvalue weighted by molar-refractivity contribution is 6.31. The topological polar surface area (TPSA) is 38.7 Å². The Balaban J connectivity index is 1.93. The molecule has 21 heavy (non-hydrogen) atoms. The third-order valence-corrected chi connectivity index (χ3v) is 3.10. The largest absolute Gasteiger partial charge is 0.402 e. The van der Waals surface area contributed by atoms with Crippen molar-refractivity contribution in [2.45, 2.75) is 0 Å². The molecule has 0 fully saturated rings. The highest BCUT2D eigenvalue weighted by Gasteiger charge is 2.24. The summed E-state index contributed by atoms with van der Waals surface area (Å²) in [6.45, 7) is 0. The van der Waals surface area contributed by atoms with Crippen LogP contribution < -0.4 is 0 Å². The first-order valence-electron chi connectivity index (χ1n) is 6.16. The van der Waals surface area contributed by atoms with Gasteiger partial charge in [-0.1, -0.05) is 29.8 Å². The number of hydrogen-bond donors (Lipinski definition) is 0. The molecule has 1 heterocycles. The summed E-state index contributed by atoms with van der Waals surface area (Å²) in [4.78, 5) is 16.0. The third-order valence-electron chi connectivity index (χ3n) is 2.87. The molecular formula is C16H9ClFNO2. The van der Waals surface area contributed by atoms with Gasteiger partial charge >= 0.3 is 5.97 Å². The second-order valence-corrected chi connectivity index (χ2v) is 4.83. The van der Waals surface area contributed by atoms with Crippen LogP contribution in [0.5, 0.6) is 0 Å². The second-order valence-electron chi connectivity index (χ2n) is 4.40. The molecule has 104 valence electrons. The maximum atomic E-state index is 12.8. The van der Waals surface area contributed by atoms with Gasteiger partial charge in [0.1, 0.15) is 5.82 Å². The fourth-order valence-electron chi connectivity index (χ4n) is 1.87. The molecule has 0 unspecified atom stereocenters. The monoisotopic (exact) mass is 301 g/mol. The molecule has 5 heteroatoms. The Morgan fingerprint density at radius 1 is 1.14 bits per heavy atom. The summed E-state index contributed by atoms with van der Waals surface area (Å²) in [7, 11) is 0. The number of hydrogen-bond acceptors (Lipinski definition) is 3. The minimum Gasteiger partial charge on any atom is -0.402 e. The summed E-state index contributed by atoms with van der Waals surface area (Å²) in [6.07, 6.45) is 1.54. The number of halogens is 2. The van der Waals surface area contributed by atoms with Crippen LogP contribution in [0.25, 0.3) is 6.08 Å². The smallest absolute Gasteiger partial charge is 0.363 e. The molecule has 0 amide bonds. The predicted molar refractivity (Wildman–Crippen MR) is 78.5 cm³/mol. The number of carbonyl (C=O) groups is 1. The van der Waals surface area contributed by atoms with Crippen LogP contribution in [0.1, 0.15) is 11.1 Å². The Hall–Kier alpha value is -2.46. The van der Waals surface area contributed by atoms with Crippen LogP contribution in [-0.4, -0.2) is 11.9 Å². The maximum Gasteiger partial charge on any atom is 0.363 e. The molecule has 2 aromatic carbocycles. The summed E-state index contributed by atoms with van der Waals surface area (Å²) < 4.78 is 18.0. The third kappa shape index (κ3) is 3.01. The Morgan fingerprint density at radius 2 is 1.90 bits per heavy atom. The number of nitrogens with zero attached hydrogens (tertiary/aromatic N) is 1. The van der Waals surface area contributed by atoms with E-state index >= 15 is 0 Å². The van der Waals surface area contributed by atoms with Gasteiger partial charge in [0, 0.05) is 10.6 Å². The number of aliphatic imine (C=N–C) groups is 1. The van der Waals surface area contributed by atoms with Crippen molar-refractivity contribution >= 4 is 29.5 Å². The van der Waals surface area contributed by atoms with Gasteiger partial charge in [0.25, 0.3) is 0 Å². The standard InChI is InChI=1S/C16H9ClFNO2/c17-12-3-1-2-11(9-12)15-19-14(16(20)21-15)8-10-4-6-13(18)7-5-10/h1-9H. The van der Waals surface area contributed by atoms with Gasteiger partial charge in [0.05, 0.1) is 0 Å². The van der Waals surface area contributed by atoms with E-state index < -0.39 is 5.97 Å². The summed E-state index contributed by atoms with van der Waals surface area (Å²) in [6, 6.07) is 12.6. The minimum atomic E-state index is -0.547.